The molecule has 0 aromatic heterocycles. The molecule has 0 atom stereocenters. The summed E-state index contributed by atoms with van der Waals surface area (Å²) < 4.78 is 0. The SMILES string of the molecule is C=C(CCCCCCC)CCNCCSC. The molecule has 0 aliphatic carbocycles. The summed E-state index contributed by atoms with van der Waals surface area (Å²) in [6, 6.07) is 0. The first-order chi connectivity index (χ1) is 7.81. The van der Waals surface area contributed by atoms with Crippen LogP contribution in [0.1, 0.15) is 51.9 Å². The molecule has 0 radical (unpaired) electrons. The van der Waals surface area contributed by atoms with Crippen molar-refractivity contribution in [3.05, 3.63) is 12.2 Å². The zero-order valence-electron chi connectivity index (χ0n) is 11.2. The normalized spacial score (nSPS) is 10.6. The first kappa shape index (κ1) is 16.1. The fraction of sp³-hybridized carbons (Fsp3) is 0.857. The summed E-state index contributed by atoms with van der Waals surface area (Å²) in [5.74, 6) is 1.21. The van der Waals surface area contributed by atoms with E-state index in [1.807, 2.05) is 11.8 Å². The summed E-state index contributed by atoms with van der Waals surface area (Å²) in [7, 11) is 0. The van der Waals surface area contributed by atoms with Crippen LogP contribution in [-0.4, -0.2) is 25.1 Å². The number of unbranched alkanes of at least 4 members (excludes halogenated alkanes) is 4. The molecule has 1 N–H and O–H groups in total. The average Bonchev–Trinajstić information content (AvgIpc) is 2.28. The smallest absolute Gasteiger partial charge is 0.00553 e. The van der Waals surface area contributed by atoms with Gasteiger partial charge in [0.2, 0.25) is 0 Å². The predicted octanol–water partition coefficient (Wildman–Crippen LogP) is 4.25. The zero-order valence-corrected chi connectivity index (χ0v) is 12.0. The summed E-state index contributed by atoms with van der Waals surface area (Å²) in [4.78, 5) is 0. The van der Waals surface area contributed by atoms with Gasteiger partial charge in [0.1, 0.15) is 0 Å². The Bertz CT molecular complexity index is 141. The Kier molecular flexibility index (Phi) is 13.2. The Hall–Kier alpha value is 0.0500. The third-order valence-corrected chi connectivity index (χ3v) is 3.38. The molecule has 0 heterocycles. The molecule has 96 valence electrons. The highest BCUT2D eigenvalue weighted by molar-refractivity contribution is 7.98. The van der Waals surface area contributed by atoms with Crippen LogP contribution in [0, 0.1) is 0 Å². The third-order valence-electron chi connectivity index (χ3n) is 2.77. The molecular formula is C14H29NS. The van der Waals surface area contributed by atoms with E-state index >= 15 is 0 Å². The van der Waals surface area contributed by atoms with Gasteiger partial charge in [0.05, 0.1) is 0 Å². The lowest BCUT2D eigenvalue weighted by molar-refractivity contribution is 0.618. The first-order valence-corrected chi connectivity index (χ1v) is 8.07. The van der Waals surface area contributed by atoms with Crippen LogP contribution in [0.3, 0.4) is 0 Å². The quantitative estimate of drug-likeness (QED) is 0.406. The van der Waals surface area contributed by atoms with E-state index in [2.05, 4.69) is 25.1 Å². The van der Waals surface area contributed by atoms with Crippen LogP contribution in [0.2, 0.25) is 0 Å². The highest BCUT2D eigenvalue weighted by Gasteiger charge is 1.95. The van der Waals surface area contributed by atoms with Gasteiger partial charge < -0.3 is 5.32 Å². The van der Waals surface area contributed by atoms with Crippen molar-refractivity contribution in [1.29, 1.82) is 0 Å². The lowest BCUT2D eigenvalue weighted by atomic mass is 10.0. The van der Waals surface area contributed by atoms with E-state index in [9.17, 15) is 0 Å². The minimum Gasteiger partial charge on any atom is -0.316 e. The van der Waals surface area contributed by atoms with E-state index < -0.39 is 0 Å². The summed E-state index contributed by atoms with van der Waals surface area (Å²) in [5, 5.41) is 3.45. The maximum Gasteiger partial charge on any atom is 0.00553 e. The van der Waals surface area contributed by atoms with Crippen molar-refractivity contribution in [1.82, 2.24) is 5.32 Å². The van der Waals surface area contributed by atoms with Gasteiger partial charge in [-0.05, 0) is 32.1 Å². The molecule has 0 unspecified atom stereocenters. The highest BCUT2D eigenvalue weighted by Crippen LogP contribution is 2.11. The van der Waals surface area contributed by atoms with Crippen molar-refractivity contribution in [3.63, 3.8) is 0 Å². The molecule has 16 heavy (non-hydrogen) atoms. The van der Waals surface area contributed by atoms with Crippen LogP contribution in [0.5, 0.6) is 0 Å². The van der Waals surface area contributed by atoms with E-state index in [0.29, 0.717) is 0 Å². The van der Waals surface area contributed by atoms with Gasteiger partial charge in [-0.1, -0.05) is 44.8 Å². The predicted molar refractivity (Wildman–Crippen MR) is 78.4 cm³/mol. The van der Waals surface area contributed by atoms with Crippen LogP contribution >= 0.6 is 11.8 Å². The van der Waals surface area contributed by atoms with Crippen molar-refractivity contribution < 1.29 is 0 Å². The lowest BCUT2D eigenvalue weighted by Crippen LogP contribution is -2.18. The average molecular weight is 243 g/mol. The van der Waals surface area contributed by atoms with Crippen LogP contribution in [0.15, 0.2) is 12.2 Å². The molecule has 0 amide bonds. The number of hydrogen-bond acceptors (Lipinski definition) is 2. The van der Waals surface area contributed by atoms with Crippen molar-refractivity contribution in [3.8, 4) is 0 Å². The lowest BCUT2D eigenvalue weighted by Gasteiger charge is -2.06. The van der Waals surface area contributed by atoms with Crippen molar-refractivity contribution in [2.45, 2.75) is 51.9 Å². The van der Waals surface area contributed by atoms with Gasteiger partial charge in [0.15, 0.2) is 0 Å². The van der Waals surface area contributed by atoms with Gasteiger partial charge in [-0.3, -0.25) is 0 Å². The van der Waals surface area contributed by atoms with Gasteiger partial charge in [0.25, 0.3) is 0 Å². The summed E-state index contributed by atoms with van der Waals surface area (Å²) in [6.45, 7) is 8.64. The minimum absolute atomic E-state index is 1.11. The second-order valence-corrected chi connectivity index (χ2v) is 5.39. The fourth-order valence-electron chi connectivity index (χ4n) is 1.67. The highest BCUT2D eigenvalue weighted by atomic mass is 32.2. The number of rotatable bonds is 12. The number of thioether (sulfide) groups is 1. The van der Waals surface area contributed by atoms with E-state index in [4.69, 9.17) is 0 Å². The monoisotopic (exact) mass is 243 g/mol. The Morgan fingerprint density at radius 1 is 1.06 bits per heavy atom. The molecule has 1 nitrogen and oxygen atoms in total. The van der Waals surface area contributed by atoms with Crippen LogP contribution in [0.4, 0.5) is 0 Å². The van der Waals surface area contributed by atoms with Gasteiger partial charge in [0, 0.05) is 12.3 Å². The van der Waals surface area contributed by atoms with Gasteiger partial charge in [-0.15, -0.1) is 0 Å². The Morgan fingerprint density at radius 2 is 1.81 bits per heavy atom. The third kappa shape index (κ3) is 12.1. The van der Waals surface area contributed by atoms with E-state index in [1.54, 1.807) is 0 Å². The second kappa shape index (κ2) is 13.1. The summed E-state index contributed by atoms with van der Waals surface area (Å²) in [5.41, 5.74) is 1.42. The van der Waals surface area contributed by atoms with E-state index in [1.165, 1.54) is 49.9 Å². The van der Waals surface area contributed by atoms with Crippen LogP contribution < -0.4 is 5.32 Å². The Labute approximate surface area is 106 Å². The van der Waals surface area contributed by atoms with Crippen LogP contribution in [-0.2, 0) is 0 Å². The topological polar surface area (TPSA) is 12.0 Å². The van der Waals surface area contributed by atoms with Gasteiger partial charge in [-0.25, -0.2) is 0 Å². The molecule has 0 rings (SSSR count). The second-order valence-electron chi connectivity index (χ2n) is 4.41. The molecule has 2 heteroatoms. The standard InChI is InChI=1S/C14H29NS/c1-4-5-6-7-8-9-14(2)10-11-15-12-13-16-3/h15H,2,4-13H2,1,3H3. The van der Waals surface area contributed by atoms with Crippen molar-refractivity contribution >= 4 is 11.8 Å². The Balaban J connectivity index is 3.12. The number of hydrogen-bond donors (Lipinski definition) is 1. The van der Waals surface area contributed by atoms with Crippen molar-refractivity contribution in [2.24, 2.45) is 0 Å². The molecule has 0 saturated heterocycles. The molecule has 0 spiro atoms. The fourth-order valence-corrected chi connectivity index (χ4v) is 2.02. The van der Waals surface area contributed by atoms with Gasteiger partial charge >= 0.3 is 0 Å². The number of nitrogens with one attached hydrogen (secondary N) is 1. The van der Waals surface area contributed by atoms with E-state index in [0.717, 1.165) is 19.5 Å². The van der Waals surface area contributed by atoms with Crippen molar-refractivity contribution in [2.75, 3.05) is 25.1 Å². The minimum atomic E-state index is 1.11. The molecule has 0 aromatic rings. The molecule has 0 aromatic carbocycles. The molecule has 0 aliphatic heterocycles. The maximum atomic E-state index is 4.15. The molecule has 0 bridgehead atoms. The summed E-state index contributed by atoms with van der Waals surface area (Å²) >= 11 is 1.90. The van der Waals surface area contributed by atoms with Gasteiger partial charge in [-0.2, -0.15) is 11.8 Å². The molecular weight excluding hydrogens is 214 g/mol. The molecule has 0 aliphatic rings. The summed E-state index contributed by atoms with van der Waals surface area (Å²) in [6.07, 6.45) is 11.4. The van der Waals surface area contributed by atoms with E-state index in [-0.39, 0.29) is 0 Å². The molecule has 0 saturated carbocycles. The first-order valence-electron chi connectivity index (χ1n) is 6.67. The van der Waals surface area contributed by atoms with Crippen LogP contribution in [0.25, 0.3) is 0 Å². The molecule has 0 fully saturated rings. The largest absolute Gasteiger partial charge is 0.316 e. The Morgan fingerprint density at radius 3 is 2.50 bits per heavy atom. The zero-order chi connectivity index (χ0) is 12.1. The maximum absolute atomic E-state index is 4.15.